The van der Waals surface area contributed by atoms with E-state index in [0.717, 1.165) is 30.7 Å². The Hall–Kier alpha value is -1.89. The van der Waals surface area contributed by atoms with E-state index in [-0.39, 0.29) is 6.54 Å². The number of rotatable bonds is 5. The highest BCUT2D eigenvalue weighted by Gasteiger charge is 2.30. The highest BCUT2D eigenvalue weighted by molar-refractivity contribution is 5.38. The van der Waals surface area contributed by atoms with Crippen molar-refractivity contribution < 1.29 is 13.2 Å². The second kappa shape index (κ2) is 6.26. The van der Waals surface area contributed by atoms with Gasteiger partial charge in [-0.15, -0.1) is 5.10 Å². The van der Waals surface area contributed by atoms with Crippen molar-refractivity contribution in [2.24, 2.45) is 5.73 Å². The summed E-state index contributed by atoms with van der Waals surface area (Å²) in [6, 6.07) is 5.06. The van der Waals surface area contributed by atoms with E-state index in [1.165, 1.54) is 10.7 Å². The summed E-state index contributed by atoms with van der Waals surface area (Å²) in [7, 11) is 0. The van der Waals surface area contributed by atoms with Crippen molar-refractivity contribution in [1.29, 1.82) is 0 Å². The highest BCUT2D eigenvalue weighted by atomic mass is 19.4. The molecule has 0 aliphatic heterocycles. The van der Waals surface area contributed by atoms with Crippen LogP contribution in [0.4, 0.5) is 13.2 Å². The van der Waals surface area contributed by atoms with Crippen LogP contribution >= 0.6 is 0 Å². The van der Waals surface area contributed by atoms with Gasteiger partial charge in [0.1, 0.15) is 0 Å². The molecule has 0 saturated heterocycles. The Morgan fingerprint density at radius 2 is 2.05 bits per heavy atom. The summed E-state index contributed by atoms with van der Waals surface area (Å²) in [6.45, 7) is 2.26. The van der Waals surface area contributed by atoms with E-state index in [0.29, 0.717) is 17.8 Å². The minimum Gasteiger partial charge on any atom is -0.325 e. The molecule has 4 nitrogen and oxygen atoms in total. The fourth-order valence-corrected chi connectivity index (χ4v) is 2.11. The van der Waals surface area contributed by atoms with Crippen molar-refractivity contribution in [2.45, 2.75) is 38.9 Å². The highest BCUT2D eigenvalue weighted by Crippen LogP contribution is 2.30. The predicted octanol–water partition coefficient (Wildman–Crippen LogP) is 3.09. The lowest BCUT2D eigenvalue weighted by Crippen LogP contribution is -2.09. The Kier molecular flexibility index (Phi) is 4.62. The number of hydrogen-bond acceptors (Lipinski definition) is 3. The molecule has 7 heteroatoms. The van der Waals surface area contributed by atoms with Gasteiger partial charge in [0, 0.05) is 6.54 Å². The summed E-state index contributed by atoms with van der Waals surface area (Å²) >= 11 is 0. The van der Waals surface area contributed by atoms with Crippen LogP contribution in [0.3, 0.4) is 0 Å². The van der Waals surface area contributed by atoms with Gasteiger partial charge in [0.05, 0.1) is 22.6 Å². The molecule has 114 valence electrons. The number of aromatic nitrogens is 3. The molecule has 1 aromatic carbocycles. The van der Waals surface area contributed by atoms with Crippen LogP contribution in [0.1, 0.15) is 36.7 Å². The topological polar surface area (TPSA) is 56.7 Å². The van der Waals surface area contributed by atoms with E-state index in [2.05, 4.69) is 10.3 Å². The molecule has 0 saturated carbocycles. The van der Waals surface area contributed by atoms with Crippen LogP contribution < -0.4 is 5.73 Å². The number of hydrogen-bond donors (Lipinski definition) is 1. The summed E-state index contributed by atoms with van der Waals surface area (Å²) in [4.78, 5) is 0. The summed E-state index contributed by atoms with van der Waals surface area (Å²) in [6.07, 6.45) is -1.82. The van der Waals surface area contributed by atoms with E-state index in [4.69, 9.17) is 5.73 Å². The number of nitrogens with zero attached hydrogens (tertiary/aromatic N) is 3. The third kappa shape index (κ3) is 3.41. The molecule has 2 aromatic rings. The normalized spacial score (nSPS) is 11.9. The van der Waals surface area contributed by atoms with Gasteiger partial charge < -0.3 is 5.73 Å². The van der Waals surface area contributed by atoms with Crippen LogP contribution in [0, 0.1) is 0 Å². The van der Waals surface area contributed by atoms with Crippen LogP contribution in [-0.2, 0) is 19.1 Å². The Labute approximate surface area is 120 Å². The number of benzene rings is 1. The second-order valence-electron chi connectivity index (χ2n) is 4.75. The van der Waals surface area contributed by atoms with Crippen molar-refractivity contribution in [2.75, 3.05) is 0 Å². The summed E-state index contributed by atoms with van der Waals surface area (Å²) in [5, 5.41) is 7.92. The number of unbranched alkanes of at least 4 members (excludes halogenated alkanes) is 1. The molecule has 0 radical (unpaired) electrons. The Bertz CT molecular complexity index is 605. The lowest BCUT2D eigenvalue weighted by atomic mass is 10.1. The van der Waals surface area contributed by atoms with Crippen molar-refractivity contribution in [1.82, 2.24) is 15.0 Å². The van der Waals surface area contributed by atoms with Crippen molar-refractivity contribution in [3.63, 3.8) is 0 Å². The molecule has 2 N–H and O–H groups in total. The minimum atomic E-state index is -4.38. The molecule has 2 rings (SSSR count). The van der Waals surface area contributed by atoms with E-state index in [1.807, 2.05) is 6.92 Å². The molecule has 0 aliphatic carbocycles. The quantitative estimate of drug-likeness (QED) is 0.923. The van der Waals surface area contributed by atoms with Gasteiger partial charge in [0.25, 0.3) is 0 Å². The van der Waals surface area contributed by atoms with Gasteiger partial charge in [-0.2, -0.15) is 13.2 Å². The SMILES string of the molecule is CCCCc1c(CN)nnn1-c1cccc(C(F)(F)F)c1. The molecule has 0 amide bonds. The maximum atomic E-state index is 12.8. The van der Waals surface area contributed by atoms with Gasteiger partial charge in [-0.05, 0) is 31.0 Å². The first-order valence-electron chi connectivity index (χ1n) is 6.78. The van der Waals surface area contributed by atoms with Gasteiger partial charge in [-0.25, -0.2) is 4.68 Å². The Morgan fingerprint density at radius 3 is 2.67 bits per heavy atom. The number of alkyl halides is 3. The predicted molar refractivity (Wildman–Crippen MR) is 72.9 cm³/mol. The Morgan fingerprint density at radius 1 is 1.29 bits per heavy atom. The minimum absolute atomic E-state index is 0.220. The largest absolute Gasteiger partial charge is 0.416 e. The average molecular weight is 298 g/mol. The van der Waals surface area contributed by atoms with E-state index in [9.17, 15) is 13.2 Å². The molecular weight excluding hydrogens is 281 g/mol. The molecule has 21 heavy (non-hydrogen) atoms. The lowest BCUT2D eigenvalue weighted by Gasteiger charge is -2.11. The standard InChI is InChI=1S/C14H17F3N4/c1-2-3-7-13-12(9-18)19-20-21(13)11-6-4-5-10(8-11)14(15,16)17/h4-6,8H,2-3,7,9,18H2,1H3. The number of nitrogens with two attached hydrogens (primary N) is 1. The first-order chi connectivity index (χ1) is 9.97. The van der Waals surface area contributed by atoms with Crippen molar-refractivity contribution in [3.05, 3.63) is 41.2 Å². The smallest absolute Gasteiger partial charge is 0.325 e. The molecule has 1 heterocycles. The summed E-state index contributed by atoms with van der Waals surface area (Å²) < 4.78 is 39.8. The molecule has 1 aromatic heterocycles. The van der Waals surface area contributed by atoms with Crippen LogP contribution in [0.15, 0.2) is 24.3 Å². The van der Waals surface area contributed by atoms with E-state index in [1.54, 1.807) is 6.07 Å². The van der Waals surface area contributed by atoms with Crippen LogP contribution in [0.2, 0.25) is 0 Å². The summed E-state index contributed by atoms with van der Waals surface area (Å²) in [5.74, 6) is 0. The van der Waals surface area contributed by atoms with Gasteiger partial charge in [0.15, 0.2) is 0 Å². The number of halogens is 3. The monoisotopic (exact) mass is 298 g/mol. The van der Waals surface area contributed by atoms with E-state index < -0.39 is 11.7 Å². The zero-order valence-electron chi connectivity index (χ0n) is 11.7. The first kappa shape index (κ1) is 15.5. The van der Waals surface area contributed by atoms with Crippen molar-refractivity contribution >= 4 is 0 Å². The maximum Gasteiger partial charge on any atom is 0.416 e. The Balaban J connectivity index is 2.44. The fraction of sp³-hybridized carbons (Fsp3) is 0.429. The molecular formula is C14H17F3N4. The third-order valence-electron chi connectivity index (χ3n) is 3.22. The maximum absolute atomic E-state index is 12.8. The zero-order valence-corrected chi connectivity index (χ0v) is 11.7. The van der Waals surface area contributed by atoms with Gasteiger partial charge >= 0.3 is 6.18 Å². The van der Waals surface area contributed by atoms with Crippen LogP contribution in [0.5, 0.6) is 0 Å². The molecule has 0 aliphatic rings. The first-order valence-corrected chi connectivity index (χ1v) is 6.78. The third-order valence-corrected chi connectivity index (χ3v) is 3.22. The van der Waals surface area contributed by atoms with Crippen LogP contribution in [0.25, 0.3) is 5.69 Å². The van der Waals surface area contributed by atoms with Crippen molar-refractivity contribution in [3.8, 4) is 5.69 Å². The molecule has 0 bridgehead atoms. The van der Waals surface area contributed by atoms with E-state index >= 15 is 0 Å². The fourth-order valence-electron chi connectivity index (χ4n) is 2.11. The van der Waals surface area contributed by atoms with Gasteiger partial charge in [-0.1, -0.05) is 24.6 Å². The van der Waals surface area contributed by atoms with Crippen LogP contribution in [-0.4, -0.2) is 15.0 Å². The zero-order chi connectivity index (χ0) is 15.5. The summed E-state index contributed by atoms with van der Waals surface area (Å²) in [5.41, 5.74) is 6.67. The molecule has 0 fully saturated rings. The second-order valence-corrected chi connectivity index (χ2v) is 4.75. The van der Waals surface area contributed by atoms with Gasteiger partial charge in [0.2, 0.25) is 0 Å². The molecule has 0 spiro atoms. The molecule has 0 unspecified atom stereocenters. The lowest BCUT2D eigenvalue weighted by molar-refractivity contribution is -0.137. The average Bonchev–Trinajstić information content (AvgIpc) is 2.87. The van der Waals surface area contributed by atoms with Gasteiger partial charge in [-0.3, -0.25) is 0 Å². The molecule has 0 atom stereocenters.